The number of thioether (sulfide) groups is 1. The summed E-state index contributed by atoms with van der Waals surface area (Å²) in [4.78, 5) is 17.8. The molecule has 3 aromatic rings. The van der Waals surface area contributed by atoms with Crippen LogP contribution >= 0.6 is 23.4 Å². The molecule has 0 spiro atoms. The van der Waals surface area contributed by atoms with Crippen molar-refractivity contribution in [2.75, 3.05) is 18.8 Å². The lowest BCUT2D eigenvalue weighted by atomic mass is 9.99. The number of para-hydroxylation sites is 1. The molecule has 1 amide bonds. The Morgan fingerprint density at radius 3 is 2.78 bits per heavy atom. The number of nitrogens with zero attached hydrogens (tertiary/aromatic N) is 1. The van der Waals surface area contributed by atoms with E-state index in [4.69, 9.17) is 11.6 Å². The summed E-state index contributed by atoms with van der Waals surface area (Å²) < 4.78 is 0. The minimum absolute atomic E-state index is 0.203. The van der Waals surface area contributed by atoms with Crippen molar-refractivity contribution in [3.63, 3.8) is 0 Å². The largest absolute Gasteiger partial charge is 0.361 e. The molecule has 0 atom stereocenters. The molecule has 1 aliphatic rings. The molecule has 1 aromatic heterocycles. The van der Waals surface area contributed by atoms with E-state index in [1.54, 1.807) is 11.8 Å². The van der Waals surface area contributed by atoms with Gasteiger partial charge < -0.3 is 9.88 Å². The van der Waals surface area contributed by atoms with E-state index in [2.05, 4.69) is 23.2 Å². The lowest BCUT2D eigenvalue weighted by Crippen LogP contribution is -2.35. The minimum Gasteiger partial charge on any atom is -0.361 e. The van der Waals surface area contributed by atoms with Gasteiger partial charge in [-0.1, -0.05) is 54.1 Å². The van der Waals surface area contributed by atoms with Gasteiger partial charge in [0, 0.05) is 41.0 Å². The Balaban J connectivity index is 1.31. The maximum Gasteiger partial charge on any atom is 0.232 e. The van der Waals surface area contributed by atoms with Crippen LogP contribution in [0.25, 0.3) is 16.5 Å². The highest BCUT2D eigenvalue weighted by molar-refractivity contribution is 7.99. The number of rotatable bonds is 5. The fourth-order valence-electron chi connectivity index (χ4n) is 3.45. The summed E-state index contributed by atoms with van der Waals surface area (Å²) in [5.74, 6) is 1.55. The van der Waals surface area contributed by atoms with Crippen LogP contribution in [0.2, 0.25) is 5.02 Å². The van der Waals surface area contributed by atoms with Crippen molar-refractivity contribution in [2.24, 2.45) is 0 Å². The summed E-state index contributed by atoms with van der Waals surface area (Å²) in [5.41, 5.74) is 4.71. The number of benzene rings is 2. The molecule has 1 aliphatic heterocycles. The number of carbonyl (C=O) groups excluding carboxylic acids is 1. The number of amides is 1. The second-order valence-electron chi connectivity index (χ2n) is 6.65. The van der Waals surface area contributed by atoms with Gasteiger partial charge in [0.2, 0.25) is 5.91 Å². The van der Waals surface area contributed by atoms with Crippen molar-refractivity contribution >= 4 is 45.7 Å². The van der Waals surface area contributed by atoms with Crippen molar-refractivity contribution in [2.45, 2.75) is 12.2 Å². The van der Waals surface area contributed by atoms with Crippen LogP contribution in [0.1, 0.15) is 17.5 Å². The summed E-state index contributed by atoms with van der Waals surface area (Å²) in [6, 6.07) is 16.2. The fraction of sp³-hybridized carbons (Fsp3) is 0.227. The average Bonchev–Trinajstić information content (AvgIpc) is 3.12. The van der Waals surface area contributed by atoms with Gasteiger partial charge in [-0.15, -0.1) is 11.8 Å². The molecule has 3 nitrogen and oxygen atoms in total. The summed E-state index contributed by atoms with van der Waals surface area (Å²) in [6.45, 7) is 1.41. The van der Waals surface area contributed by atoms with E-state index in [1.165, 1.54) is 16.5 Å². The molecule has 27 heavy (non-hydrogen) atoms. The topological polar surface area (TPSA) is 36.1 Å². The van der Waals surface area contributed by atoms with Crippen LogP contribution in [0.15, 0.2) is 60.8 Å². The highest BCUT2D eigenvalue weighted by Gasteiger charge is 2.19. The van der Waals surface area contributed by atoms with Crippen molar-refractivity contribution < 1.29 is 4.79 Å². The van der Waals surface area contributed by atoms with Gasteiger partial charge in [0.25, 0.3) is 0 Å². The second kappa shape index (κ2) is 8.24. The van der Waals surface area contributed by atoms with Gasteiger partial charge in [-0.2, -0.15) is 0 Å². The maximum absolute atomic E-state index is 12.5. The number of aromatic amines is 1. The number of carbonyl (C=O) groups is 1. The number of aromatic nitrogens is 1. The zero-order valence-corrected chi connectivity index (χ0v) is 16.5. The van der Waals surface area contributed by atoms with Crippen molar-refractivity contribution in [3.8, 4) is 0 Å². The molecule has 0 bridgehead atoms. The Morgan fingerprint density at radius 1 is 1.15 bits per heavy atom. The number of hydrogen-bond acceptors (Lipinski definition) is 2. The summed E-state index contributed by atoms with van der Waals surface area (Å²) in [7, 11) is 0. The first-order valence-corrected chi connectivity index (χ1v) is 10.6. The van der Waals surface area contributed by atoms with E-state index >= 15 is 0 Å². The molecule has 0 saturated carbocycles. The molecule has 0 radical (unpaired) electrons. The molecular formula is C22H21ClN2OS. The van der Waals surface area contributed by atoms with Crippen molar-refractivity contribution in [3.05, 3.63) is 77.0 Å². The molecule has 0 aliphatic carbocycles. The molecule has 2 heterocycles. The van der Waals surface area contributed by atoms with E-state index in [-0.39, 0.29) is 5.91 Å². The second-order valence-corrected chi connectivity index (χ2v) is 8.04. The quantitative estimate of drug-likeness (QED) is 0.629. The zero-order valence-electron chi connectivity index (χ0n) is 15.0. The average molecular weight is 397 g/mol. The van der Waals surface area contributed by atoms with Gasteiger partial charge in [0.1, 0.15) is 0 Å². The van der Waals surface area contributed by atoms with Crippen molar-refractivity contribution in [1.29, 1.82) is 0 Å². The van der Waals surface area contributed by atoms with Crippen LogP contribution in [0.4, 0.5) is 0 Å². The van der Waals surface area contributed by atoms with Crippen LogP contribution in [-0.2, 0) is 10.5 Å². The molecule has 2 aromatic carbocycles. The third-order valence-corrected chi connectivity index (χ3v) is 6.24. The summed E-state index contributed by atoms with van der Waals surface area (Å²) in [5, 5.41) is 2.01. The number of H-pyrrole nitrogens is 1. The number of fused-ring (bicyclic) bond motifs is 1. The Kier molecular flexibility index (Phi) is 5.55. The predicted molar refractivity (Wildman–Crippen MR) is 115 cm³/mol. The molecule has 4 rings (SSSR count). The third-order valence-electron chi connectivity index (χ3n) is 4.94. The highest BCUT2D eigenvalue weighted by atomic mass is 35.5. The first kappa shape index (κ1) is 18.2. The van der Waals surface area contributed by atoms with Gasteiger partial charge in [0.05, 0.1) is 5.75 Å². The minimum atomic E-state index is 0.203. The normalized spacial score (nSPS) is 14.4. The number of halogens is 1. The van der Waals surface area contributed by atoms with Gasteiger partial charge in [-0.3, -0.25) is 4.79 Å². The van der Waals surface area contributed by atoms with E-state index in [9.17, 15) is 4.79 Å². The van der Waals surface area contributed by atoms with Gasteiger partial charge in [0.15, 0.2) is 0 Å². The molecule has 0 unspecified atom stereocenters. The summed E-state index contributed by atoms with van der Waals surface area (Å²) >= 11 is 7.96. The van der Waals surface area contributed by atoms with Crippen LogP contribution in [0, 0.1) is 0 Å². The lowest BCUT2D eigenvalue weighted by Gasteiger charge is -2.27. The molecule has 138 valence electrons. The molecular weight excluding hydrogens is 376 g/mol. The maximum atomic E-state index is 12.5. The van der Waals surface area contributed by atoms with Crippen LogP contribution in [-0.4, -0.2) is 34.6 Å². The first-order chi connectivity index (χ1) is 13.2. The van der Waals surface area contributed by atoms with Gasteiger partial charge in [-0.25, -0.2) is 0 Å². The SMILES string of the molecule is O=C(CSCc1c[nH]c2ccccc12)N1CC=C(c2ccccc2Cl)CC1. The zero-order chi connectivity index (χ0) is 18.6. The summed E-state index contributed by atoms with van der Waals surface area (Å²) in [6.07, 6.45) is 5.02. The van der Waals surface area contributed by atoms with Crippen LogP contribution in [0.5, 0.6) is 0 Å². The standard InChI is InChI=1S/C22H21ClN2OS/c23-20-7-3-1-5-18(20)16-9-11-25(12-10-16)22(26)15-27-14-17-13-24-21-8-4-2-6-19(17)21/h1-9,13,24H,10-12,14-15H2. The third kappa shape index (κ3) is 4.07. The molecule has 1 N–H and O–H groups in total. The van der Waals surface area contributed by atoms with Crippen molar-refractivity contribution in [1.82, 2.24) is 9.88 Å². The predicted octanol–water partition coefficient (Wildman–Crippen LogP) is 5.37. The van der Waals surface area contributed by atoms with E-state index < -0.39 is 0 Å². The molecule has 0 fully saturated rings. The Morgan fingerprint density at radius 2 is 1.96 bits per heavy atom. The van der Waals surface area contributed by atoms with Gasteiger partial charge in [-0.05, 0) is 35.3 Å². The lowest BCUT2D eigenvalue weighted by molar-refractivity contribution is -0.127. The highest BCUT2D eigenvalue weighted by Crippen LogP contribution is 2.29. The van der Waals surface area contributed by atoms with E-state index in [0.29, 0.717) is 12.3 Å². The van der Waals surface area contributed by atoms with Crippen LogP contribution in [0.3, 0.4) is 0 Å². The molecule has 0 saturated heterocycles. The fourth-order valence-corrected chi connectivity index (χ4v) is 4.63. The number of nitrogens with one attached hydrogen (secondary N) is 1. The van der Waals surface area contributed by atoms with E-state index in [0.717, 1.165) is 34.8 Å². The Hall–Kier alpha value is -2.17. The Labute approximate surface area is 168 Å². The van der Waals surface area contributed by atoms with Crippen LogP contribution < -0.4 is 0 Å². The monoisotopic (exact) mass is 396 g/mol. The first-order valence-electron chi connectivity index (χ1n) is 9.07. The number of hydrogen-bond donors (Lipinski definition) is 1. The smallest absolute Gasteiger partial charge is 0.232 e. The van der Waals surface area contributed by atoms with E-state index in [1.807, 2.05) is 47.5 Å². The molecule has 5 heteroatoms. The van der Waals surface area contributed by atoms with Gasteiger partial charge >= 0.3 is 0 Å². The Bertz CT molecular complexity index is 995.